The Balaban J connectivity index is 1.88. The van der Waals surface area contributed by atoms with Gasteiger partial charge in [0.05, 0.1) is 17.6 Å². The summed E-state index contributed by atoms with van der Waals surface area (Å²) in [6.07, 6.45) is 4.65. The van der Waals surface area contributed by atoms with E-state index < -0.39 is 0 Å². The average Bonchev–Trinajstić information content (AvgIpc) is 3.20. The van der Waals surface area contributed by atoms with Crippen molar-refractivity contribution in [1.29, 1.82) is 0 Å². The van der Waals surface area contributed by atoms with E-state index in [9.17, 15) is 0 Å². The highest BCUT2D eigenvalue weighted by Gasteiger charge is 2.30. The number of benzene rings is 1. The summed E-state index contributed by atoms with van der Waals surface area (Å²) in [6.45, 7) is 8.62. The number of aromatic nitrogens is 2. The third-order valence-corrected chi connectivity index (χ3v) is 4.06. The van der Waals surface area contributed by atoms with Gasteiger partial charge in [0, 0.05) is 18.0 Å². The van der Waals surface area contributed by atoms with Gasteiger partial charge in [0.15, 0.2) is 0 Å². The van der Waals surface area contributed by atoms with Gasteiger partial charge >= 0.3 is 0 Å². The molecule has 0 radical (unpaired) electrons. The quantitative estimate of drug-likeness (QED) is 0.874. The molecular formula is C18H25N3. The monoisotopic (exact) mass is 283 g/mol. The third-order valence-electron chi connectivity index (χ3n) is 4.06. The van der Waals surface area contributed by atoms with Crippen LogP contribution in [0.3, 0.4) is 0 Å². The lowest BCUT2D eigenvalue weighted by Gasteiger charge is -2.12. The Kier molecular flexibility index (Phi) is 4.11. The smallest absolute Gasteiger partial charge is 0.0678 e. The highest BCUT2D eigenvalue weighted by Crippen LogP contribution is 2.42. The van der Waals surface area contributed by atoms with Crippen molar-refractivity contribution < 1.29 is 0 Å². The molecule has 2 aromatic rings. The predicted octanol–water partition coefficient (Wildman–Crippen LogP) is 3.80. The molecule has 1 fully saturated rings. The summed E-state index contributed by atoms with van der Waals surface area (Å²) in [5, 5.41) is 8.23. The van der Waals surface area contributed by atoms with E-state index in [2.05, 4.69) is 60.1 Å². The number of nitrogens with zero attached hydrogens (tertiary/aromatic N) is 2. The van der Waals surface area contributed by atoms with Crippen LogP contribution in [0.4, 0.5) is 0 Å². The fraction of sp³-hybridized carbons (Fsp3) is 0.500. The van der Waals surface area contributed by atoms with Crippen molar-refractivity contribution in [3.8, 4) is 5.69 Å². The van der Waals surface area contributed by atoms with Crippen LogP contribution in [0.5, 0.6) is 0 Å². The van der Waals surface area contributed by atoms with E-state index in [1.165, 1.54) is 35.3 Å². The summed E-state index contributed by atoms with van der Waals surface area (Å²) in [5.41, 5.74) is 5.28. The lowest BCUT2D eigenvalue weighted by Crippen LogP contribution is -2.19. The van der Waals surface area contributed by atoms with Crippen LogP contribution in [0.1, 0.15) is 49.4 Å². The lowest BCUT2D eigenvalue weighted by molar-refractivity contribution is 0.550. The van der Waals surface area contributed by atoms with Crippen molar-refractivity contribution in [2.45, 2.75) is 46.1 Å². The molecule has 0 atom stereocenters. The highest BCUT2D eigenvalue weighted by molar-refractivity contribution is 5.43. The average molecular weight is 283 g/mol. The molecule has 0 amide bonds. The zero-order valence-corrected chi connectivity index (χ0v) is 13.3. The molecule has 1 aliphatic carbocycles. The molecule has 1 heterocycles. The van der Waals surface area contributed by atoms with Gasteiger partial charge < -0.3 is 5.32 Å². The molecule has 21 heavy (non-hydrogen) atoms. The lowest BCUT2D eigenvalue weighted by atomic mass is 10.1. The summed E-state index contributed by atoms with van der Waals surface area (Å²) >= 11 is 0. The van der Waals surface area contributed by atoms with Crippen LogP contribution in [0.25, 0.3) is 5.69 Å². The van der Waals surface area contributed by atoms with E-state index in [-0.39, 0.29) is 0 Å². The fourth-order valence-corrected chi connectivity index (χ4v) is 2.81. The van der Waals surface area contributed by atoms with Crippen molar-refractivity contribution in [2.75, 3.05) is 6.54 Å². The Bertz CT molecular complexity index is 609. The van der Waals surface area contributed by atoms with Gasteiger partial charge in [0.1, 0.15) is 0 Å². The molecule has 1 N–H and O–H groups in total. The minimum Gasteiger partial charge on any atom is -0.312 e. The molecule has 0 aliphatic heterocycles. The molecule has 0 spiro atoms. The van der Waals surface area contributed by atoms with Gasteiger partial charge in [-0.2, -0.15) is 5.10 Å². The fourth-order valence-electron chi connectivity index (χ4n) is 2.81. The maximum Gasteiger partial charge on any atom is 0.0678 e. The Hall–Kier alpha value is -1.61. The third kappa shape index (κ3) is 3.18. The van der Waals surface area contributed by atoms with Crippen LogP contribution >= 0.6 is 0 Å². The number of rotatable bonds is 6. The molecule has 0 bridgehead atoms. The number of hydrogen-bond acceptors (Lipinski definition) is 2. The van der Waals surface area contributed by atoms with Gasteiger partial charge in [-0.15, -0.1) is 0 Å². The highest BCUT2D eigenvalue weighted by atomic mass is 15.3. The molecule has 1 aliphatic rings. The summed E-state index contributed by atoms with van der Waals surface area (Å²) in [4.78, 5) is 0. The second kappa shape index (κ2) is 6.02. The topological polar surface area (TPSA) is 29.9 Å². The summed E-state index contributed by atoms with van der Waals surface area (Å²) in [6, 6.07) is 8.51. The normalized spacial score (nSPS) is 14.9. The van der Waals surface area contributed by atoms with Crippen molar-refractivity contribution in [2.24, 2.45) is 5.92 Å². The first kappa shape index (κ1) is 14.3. The molecule has 1 saturated carbocycles. The number of aryl methyl sites for hydroxylation is 1. The number of para-hydroxylation sites is 1. The van der Waals surface area contributed by atoms with Gasteiger partial charge in [0.2, 0.25) is 0 Å². The molecule has 0 saturated heterocycles. The van der Waals surface area contributed by atoms with Gasteiger partial charge in [-0.1, -0.05) is 32.0 Å². The van der Waals surface area contributed by atoms with E-state index in [0.29, 0.717) is 11.8 Å². The second-order valence-electron chi connectivity index (χ2n) is 6.55. The van der Waals surface area contributed by atoms with Crippen molar-refractivity contribution in [1.82, 2.24) is 15.1 Å². The van der Waals surface area contributed by atoms with Crippen molar-refractivity contribution in [3.63, 3.8) is 0 Å². The van der Waals surface area contributed by atoms with E-state index in [4.69, 9.17) is 0 Å². The molecule has 3 heteroatoms. The van der Waals surface area contributed by atoms with E-state index in [0.717, 1.165) is 13.1 Å². The first-order valence-electron chi connectivity index (χ1n) is 8.00. The predicted molar refractivity (Wildman–Crippen MR) is 86.8 cm³/mol. The SMILES string of the molecule is Cc1ccccc1-n1ncc(CNCC(C)C)c1C1CC1. The molecule has 1 aromatic heterocycles. The van der Waals surface area contributed by atoms with Gasteiger partial charge in [-0.05, 0) is 43.9 Å². The zero-order valence-electron chi connectivity index (χ0n) is 13.3. The standard InChI is InChI=1S/C18H25N3/c1-13(2)10-19-11-16-12-20-21(18(16)15-8-9-15)17-7-5-4-6-14(17)3/h4-7,12-13,15,19H,8-11H2,1-3H3. The molecule has 1 aromatic carbocycles. The molecular weight excluding hydrogens is 258 g/mol. The summed E-state index contributed by atoms with van der Waals surface area (Å²) in [5.74, 6) is 1.38. The van der Waals surface area contributed by atoms with Crippen LogP contribution in [0, 0.1) is 12.8 Å². The largest absolute Gasteiger partial charge is 0.312 e. The van der Waals surface area contributed by atoms with E-state index in [1.807, 2.05) is 6.20 Å². The summed E-state index contributed by atoms with van der Waals surface area (Å²) < 4.78 is 2.17. The molecule has 112 valence electrons. The summed E-state index contributed by atoms with van der Waals surface area (Å²) in [7, 11) is 0. The van der Waals surface area contributed by atoms with Crippen LogP contribution in [-0.4, -0.2) is 16.3 Å². The number of hydrogen-bond donors (Lipinski definition) is 1. The van der Waals surface area contributed by atoms with Gasteiger partial charge in [0.25, 0.3) is 0 Å². The maximum absolute atomic E-state index is 4.68. The zero-order chi connectivity index (χ0) is 14.8. The first-order valence-corrected chi connectivity index (χ1v) is 8.00. The van der Waals surface area contributed by atoms with Crippen LogP contribution in [0.15, 0.2) is 30.5 Å². The molecule has 0 unspecified atom stereocenters. The van der Waals surface area contributed by atoms with Crippen molar-refractivity contribution in [3.05, 3.63) is 47.3 Å². The Morgan fingerprint density at radius 2 is 2.05 bits per heavy atom. The van der Waals surface area contributed by atoms with Crippen molar-refractivity contribution >= 4 is 0 Å². The van der Waals surface area contributed by atoms with Crippen LogP contribution in [0.2, 0.25) is 0 Å². The van der Waals surface area contributed by atoms with Crippen LogP contribution in [-0.2, 0) is 6.54 Å². The van der Waals surface area contributed by atoms with E-state index >= 15 is 0 Å². The Labute approximate surface area is 127 Å². The van der Waals surface area contributed by atoms with Gasteiger partial charge in [-0.3, -0.25) is 0 Å². The minimum atomic E-state index is 0.681. The molecule has 3 nitrogen and oxygen atoms in total. The molecule has 3 rings (SSSR count). The van der Waals surface area contributed by atoms with Gasteiger partial charge in [-0.25, -0.2) is 4.68 Å². The second-order valence-corrected chi connectivity index (χ2v) is 6.55. The van der Waals surface area contributed by atoms with E-state index in [1.54, 1.807) is 0 Å². The number of nitrogens with one attached hydrogen (secondary N) is 1. The first-order chi connectivity index (χ1) is 10.2. The maximum atomic E-state index is 4.68. The Morgan fingerprint density at radius 1 is 1.29 bits per heavy atom. The Morgan fingerprint density at radius 3 is 2.71 bits per heavy atom. The van der Waals surface area contributed by atoms with Crippen LogP contribution < -0.4 is 5.32 Å². The minimum absolute atomic E-state index is 0.681.